The first kappa shape index (κ1) is 17.4. The first-order chi connectivity index (χ1) is 12.1. The molecular weight excluding hydrogens is 325 g/mol. The van der Waals surface area contributed by atoms with Crippen LogP contribution in [-0.2, 0) is 16.0 Å². The summed E-state index contributed by atoms with van der Waals surface area (Å²) in [5, 5.41) is 0. The lowest BCUT2D eigenvalue weighted by atomic mass is 10.1. The smallest absolute Gasteiger partial charge is 0.223 e. The largest absolute Gasteiger partial charge is 0.494 e. The van der Waals surface area contributed by atoms with Gasteiger partial charge in [-0.1, -0.05) is 12.1 Å². The number of halogens is 1. The summed E-state index contributed by atoms with van der Waals surface area (Å²) in [4.78, 5) is 21.8. The molecule has 2 aromatic rings. The number of carbonyl (C=O) groups is 1. The number of H-pyrrole nitrogens is 1. The number of aryl methyl sites for hydroxylation is 1. The average Bonchev–Trinajstić information content (AvgIpc) is 3.29. The standard InChI is InChI=1S/C18H22FN3O3/c1-24-13-10-14(18-20-8-9-21-18)22(11-13)16(23)7-6-12-4-3-5-15(25-2)17(12)19/h3-5,8-9,13-14H,6-7,10-11H2,1-2H3,(H,20,21)/t13-,14?/m1/s1. The molecule has 0 aliphatic carbocycles. The van der Waals surface area contributed by atoms with Crippen LogP contribution in [0.3, 0.4) is 0 Å². The molecule has 1 saturated heterocycles. The van der Waals surface area contributed by atoms with Crippen LogP contribution in [0.1, 0.15) is 30.3 Å². The number of carbonyl (C=O) groups excluding carboxylic acids is 1. The minimum absolute atomic E-state index is 0.0207. The molecule has 1 amide bonds. The molecule has 1 fully saturated rings. The van der Waals surface area contributed by atoms with Gasteiger partial charge in [-0.25, -0.2) is 9.37 Å². The van der Waals surface area contributed by atoms with Crippen LogP contribution in [-0.4, -0.2) is 47.6 Å². The van der Waals surface area contributed by atoms with E-state index in [1.54, 1.807) is 42.6 Å². The fourth-order valence-electron chi connectivity index (χ4n) is 3.25. The number of likely N-dealkylation sites (tertiary alicyclic amines) is 1. The molecule has 0 spiro atoms. The zero-order valence-electron chi connectivity index (χ0n) is 14.4. The average molecular weight is 347 g/mol. The molecule has 3 rings (SSSR count). The summed E-state index contributed by atoms with van der Waals surface area (Å²) in [5.41, 5.74) is 0.477. The fourth-order valence-corrected chi connectivity index (χ4v) is 3.25. The molecule has 1 unspecified atom stereocenters. The molecule has 0 saturated carbocycles. The van der Waals surface area contributed by atoms with Gasteiger partial charge in [-0.3, -0.25) is 4.79 Å². The van der Waals surface area contributed by atoms with Crippen molar-refractivity contribution in [1.82, 2.24) is 14.9 Å². The predicted molar refractivity (Wildman–Crippen MR) is 89.7 cm³/mol. The number of aromatic nitrogens is 2. The molecule has 1 aliphatic rings. The molecule has 6 nitrogen and oxygen atoms in total. The van der Waals surface area contributed by atoms with Gasteiger partial charge in [0.2, 0.25) is 5.91 Å². The van der Waals surface area contributed by atoms with Crippen LogP contribution < -0.4 is 4.74 Å². The molecule has 0 radical (unpaired) electrons. The second-order valence-electron chi connectivity index (χ2n) is 6.06. The molecular formula is C18H22FN3O3. The SMILES string of the molecule is COc1cccc(CCC(=O)N2C[C@H](OC)CC2c2ncc[nH]2)c1F. The lowest BCUT2D eigenvalue weighted by Crippen LogP contribution is -2.32. The van der Waals surface area contributed by atoms with E-state index in [0.717, 1.165) is 5.82 Å². The second kappa shape index (κ2) is 7.65. The van der Waals surface area contributed by atoms with Gasteiger partial charge in [0.05, 0.1) is 19.3 Å². The van der Waals surface area contributed by atoms with Crippen molar-refractivity contribution in [2.45, 2.75) is 31.4 Å². The van der Waals surface area contributed by atoms with Gasteiger partial charge in [0, 0.05) is 38.9 Å². The Bertz CT molecular complexity index is 720. The highest BCUT2D eigenvalue weighted by atomic mass is 19.1. The van der Waals surface area contributed by atoms with E-state index in [9.17, 15) is 9.18 Å². The number of ether oxygens (including phenoxy) is 2. The molecule has 0 bridgehead atoms. The summed E-state index contributed by atoms with van der Waals surface area (Å²) in [6.45, 7) is 0.515. The molecule has 2 heterocycles. The van der Waals surface area contributed by atoms with Gasteiger partial charge < -0.3 is 19.4 Å². The Hall–Kier alpha value is -2.41. The van der Waals surface area contributed by atoms with E-state index in [-0.39, 0.29) is 30.2 Å². The van der Waals surface area contributed by atoms with Crippen molar-refractivity contribution in [3.05, 3.63) is 47.8 Å². The van der Waals surface area contributed by atoms with Crippen molar-refractivity contribution < 1.29 is 18.7 Å². The molecule has 7 heteroatoms. The maximum absolute atomic E-state index is 14.2. The van der Waals surface area contributed by atoms with Crippen LogP contribution in [0.15, 0.2) is 30.6 Å². The Morgan fingerprint density at radius 2 is 2.28 bits per heavy atom. The highest BCUT2D eigenvalue weighted by Gasteiger charge is 2.37. The van der Waals surface area contributed by atoms with Gasteiger partial charge in [0.15, 0.2) is 11.6 Å². The van der Waals surface area contributed by atoms with E-state index in [4.69, 9.17) is 9.47 Å². The highest BCUT2D eigenvalue weighted by molar-refractivity contribution is 5.77. The Labute approximate surface area is 146 Å². The highest BCUT2D eigenvalue weighted by Crippen LogP contribution is 2.32. The van der Waals surface area contributed by atoms with Crippen LogP contribution in [0.5, 0.6) is 5.75 Å². The predicted octanol–water partition coefficient (Wildman–Crippen LogP) is 2.48. The normalized spacial score (nSPS) is 20.0. The van der Waals surface area contributed by atoms with E-state index >= 15 is 0 Å². The maximum atomic E-state index is 14.2. The molecule has 1 aromatic heterocycles. The van der Waals surface area contributed by atoms with Gasteiger partial charge >= 0.3 is 0 Å². The molecule has 25 heavy (non-hydrogen) atoms. The molecule has 1 aromatic carbocycles. The summed E-state index contributed by atoms with van der Waals surface area (Å²) < 4.78 is 24.6. The minimum atomic E-state index is -0.406. The summed E-state index contributed by atoms with van der Waals surface area (Å²) >= 11 is 0. The number of nitrogens with zero attached hydrogens (tertiary/aromatic N) is 2. The van der Waals surface area contributed by atoms with Gasteiger partial charge in [-0.2, -0.15) is 0 Å². The number of benzene rings is 1. The van der Waals surface area contributed by atoms with Crippen molar-refractivity contribution >= 4 is 5.91 Å². The van der Waals surface area contributed by atoms with Crippen LogP contribution in [0.2, 0.25) is 0 Å². The van der Waals surface area contributed by atoms with Crippen LogP contribution in [0.4, 0.5) is 4.39 Å². The number of nitrogens with one attached hydrogen (secondary N) is 1. The Balaban J connectivity index is 1.69. The van der Waals surface area contributed by atoms with Crippen LogP contribution in [0, 0.1) is 5.82 Å². The van der Waals surface area contributed by atoms with Gasteiger partial charge in [-0.05, 0) is 18.1 Å². The topological polar surface area (TPSA) is 67.4 Å². The summed E-state index contributed by atoms with van der Waals surface area (Å²) in [6.07, 6.45) is 4.63. The van der Waals surface area contributed by atoms with Gasteiger partial charge in [0.1, 0.15) is 5.82 Å². The number of imidazole rings is 1. The third-order valence-corrected chi connectivity index (χ3v) is 4.62. The first-order valence-electron chi connectivity index (χ1n) is 8.27. The van der Waals surface area contributed by atoms with Crippen molar-refractivity contribution in [3.8, 4) is 5.75 Å². The van der Waals surface area contributed by atoms with Crippen molar-refractivity contribution in [1.29, 1.82) is 0 Å². The number of aromatic amines is 1. The van der Waals surface area contributed by atoms with Crippen molar-refractivity contribution in [2.75, 3.05) is 20.8 Å². The maximum Gasteiger partial charge on any atom is 0.223 e. The Morgan fingerprint density at radius 3 is 2.96 bits per heavy atom. The first-order valence-corrected chi connectivity index (χ1v) is 8.27. The van der Waals surface area contributed by atoms with E-state index < -0.39 is 5.82 Å². The Kier molecular flexibility index (Phi) is 5.33. The number of hydrogen-bond donors (Lipinski definition) is 1. The number of methoxy groups -OCH3 is 2. The molecule has 2 atom stereocenters. The van der Waals surface area contributed by atoms with Gasteiger partial charge in [-0.15, -0.1) is 0 Å². The van der Waals surface area contributed by atoms with E-state index in [0.29, 0.717) is 24.9 Å². The minimum Gasteiger partial charge on any atom is -0.494 e. The number of hydrogen-bond acceptors (Lipinski definition) is 4. The zero-order chi connectivity index (χ0) is 17.8. The summed E-state index contributed by atoms with van der Waals surface area (Å²) in [6, 6.07) is 4.83. The fraction of sp³-hybridized carbons (Fsp3) is 0.444. The van der Waals surface area contributed by atoms with Crippen molar-refractivity contribution in [2.24, 2.45) is 0 Å². The van der Waals surface area contributed by atoms with E-state index in [2.05, 4.69) is 9.97 Å². The quantitative estimate of drug-likeness (QED) is 0.872. The summed E-state index contributed by atoms with van der Waals surface area (Å²) in [7, 11) is 3.07. The summed E-state index contributed by atoms with van der Waals surface area (Å²) in [5.74, 6) is 0.499. The lowest BCUT2D eigenvalue weighted by Gasteiger charge is -2.23. The van der Waals surface area contributed by atoms with E-state index in [1.165, 1.54) is 7.11 Å². The third kappa shape index (κ3) is 3.66. The number of rotatable bonds is 6. The van der Waals surface area contributed by atoms with Crippen LogP contribution >= 0.6 is 0 Å². The molecule has 1 aliphatic heterocycles. The molecule has 1 N–H and O–H groups in total. The van der Waals surface area contributed by atoms with Crippen molar-refractivity contribution in [3.63, 3.8) is 0 Å². The molecule has 134 valence electrons. The van der Waals surface area contributed by atoms with Crippen LogP contribution in [0.25, 0.3) is 0 Å². The monoisotopic (exact) mass is 347 g/mol. The lowest BCUT2D eigenvalue weighted by molar-refractivity contribution is -0.132. The van der Waals surface area contributed by atoms with E-state index in [1.807, 2.05) is 0 Å². The number of amides is 1. The Morgan fingerprint density at radius 1 is 1.44 bits per heavy atom. The zero-order valence-corrected chi connectivity index (χ0v) is 14.4. The second-order valence-corrected chi connectivity index (χ2v) is 6.06. The van der Waals surface area contributed by atoms with Gasteiger partial charge in [0.25, 0.3) is 0 Å². The third-order valence-electron chi connectivity index (χ3n) is 4.62.